The van der Waals surface area contributed by atoms with Crippen molar-refractivity contribution in [1.82, 2.24) is 14.7 Å². The zero-order valence-electron chi connectivity index (χ0n) is 14.7. The van der Waals surface area contributed by atoms with Crippen LogP contribution in [0.1, 0.15) is 17.9 Å². The van der Waals surface area contributed by atoms with Crippen LogP contribution in [0.25, 0.3) is 5.69 Å². The van der Waals surface area contributed by atoms with Crippen molar-refractivity contribution in [3.8, 4) is 11.8 Å². The summed E-state index contributed by atoms with van der Waals surface area (Å²) in [5.74, 6) is 1.06. The molecule has 3 rings (SSSR count). The highest BCUT2D eigenvalue weighted by Crippen LogP contribution is 2.19. The van der Waals surface area contributed by atoms with Gasteiger partial charge in [0.15, 0.2) is 5.82 Å². The van der Waals surface area contributed by atoms with Crippen molar-refractivity contribution >= 4 is 23.4 Å². The van der Waals surface area contributed by atoms with Crippen LogP contribution in [-0.2, 0) is 6.54 Å². The van der Waals surface area contributed by atoms with Crippen LogP contribution in [0.2, 0.25) is 5.02 Å². The van der Waals surface area contributed by atoms with E-state index in [2.05, 4.69) is 16.5 Å². The Morgan fingerprint density at radius 3 is 2.93 bits per heavy atom. The van der Waals surface area contributed by atoms with Gasteiger partial charge in [0.25, 0.3) is 0 Å². The molecule has 3 aromatic rings. The van der Waals surface area contributed by atoms with E-state index in [1.807, 2.05) is 19.1 Å². The van der Waals surface area contributed by atoms with Crippen LogP contribution in [0.3, 0.4) is 0 Å². The average Bonchev–Trinajstić information content (AvgIpc) is 3.28. The molecule has 0 aliphatic rings. The molecule has 1 N–H and O–H groups in total. The number of nitrogens with zero attached hydrogens (tertiary/aromatic N) is 4. The van der Waals surface area contributed by atoms with Crippen molar-refractivity contribution in [3.05, 3.63) is 65.2 Å². The number of benzene rings is 1. The number of furan rings is 1. The Kier molecular flexibility index (Phi) is 5.79. The molecule has 2 heterocycles. The number of amides is 2. The maximum Gasteiger partial charge on any atom is 0.323 e. The second-order valence-electron chi connectivity index (χ2n) is 5.90. The SMILES string of the molecule is Cc1cc(NC(=O)N(CCC#N)Cc2ccco2)nn1-c1cccc(Cl)c1. The summed E-state index contributed by atoms with van der Waals surface area (Å²) in [6.45, 7) is 2.45. The number of nitriles is 1. The van der Waals surface area contributed by atoms with Crippen molar-refractivity contribution in [2.75, 3.05) is 11.9 Å². The first-order chi connectivity index (χ1) is 13.1. The lowest BCUT2D eigenvalue weighted by atomic mass is 10.3. The van der Waals surface area contributed by atoms with E-state index in [0.29, 0.717) is 16.6 Å². The minimum atomic E-state index is -0.350. The molecular formula is C19H18ClN5O2. The van der Waals surface area contributed by atoms with E-state index in [1.54, 1.807) is 41.3 Å². The molecule has 2 aromatic heterocycles. The lowest BCUT2D eigenvalue weighted by Gasteiger charge is -2.20. The molecule has 0 radical (unpaired) electrons. The fourth-order valence-corrected chi connectivity index (χ4v) is 2.81. The molecule has 27 heavy (non-hydrogen) atoms. The van der Waals surface area contributed by atoms with Gasteiger partial charge in [-0.1, -0.05) is 17.7 Å². The third-order valence-corrected chi connectivity index (χ3v) is 4.12. The van der Waals surface area contributed by atoms with Crippen LogP contribution in [0.4, 0.5) is 10.6 Å². The van der Waals surface area contributed by atoms with E-state index in [-0.39, 0.29) is 25.5 Å². The first kappa shape index (κ1) is 18.5. The van der Waals surface area contributed by atoms with Gasteiger partial charge in [0, 0.05) is 23.3 Å². The second kappa shape index (κ2) is 8.43. The summed E-state index contributed by atoms with van der Waals surface area (Å²) in [6, 6.07) is 14.3. The quantitative estimate of drug-likeness (QED) is 0.684. The standard InChI is InChI=1S/C19H18ClN5O2/c1-14-11-18(23-25(14)16-6-2-5-15(20)12-16)22-19(26)24(9-4-8-21)13-17-7-3-10-27-17/h2-3,5-7,10-12H,4,9,13H2,1H3,(H,22,23,26). The average molecular weight is 384 g/mol. The predicted molar refractivity (Wildman–Crippen MR) is 102 cm³/mol. The smallest absolute Gasteiger partial charge is 0.323 e. The largest absolute Gasteiger partial charge is 0.467 e. The van der Waals surface area contributed by atoms with Gasteiger partial charge in [-0.25, -0.2) is 9.48 Å². The zero-order valence-corrected chi connectivity index (χ0v) is 15.5. The van der Waals surface area contributed by atoms with Crippen LogP contribution in [0.5, 0.6) is 0 Å². The number of halogens is 1. The Hall–Kier alpha value is -3.24. The Labute approximate surface area is 161 Å². The number of rotatable bonds is 6. The fourth-order valence-electron chi connectivity index (χ4n) is 2.62. The maximum absolute atomic E-state index is 12.6. The number of nitrogens with one attached hydrogen (secondary N) is 1. The molecule has 0 saturated heterocycles. The maximum atomic E-state index is 12.6. The number of hydrogen-bond donors (Lipinski definition) is 1. The summed E-state index contributed by atoms with van der Waals surface area (Å²) in [7, 11) is 0. The number of carbonyl (C=O) groups excluding carboxylic acids is 1. The van der Waals surface area contributed by atoms with Gasteiger partial charge >= 0.3 is 6.03 Å². The highest BCUT2D eigenvalue weighted by atomic mass is 35.5. The van der Waals surface area contributed by atoms with Gasteiger partial charge in [-0.3, -0.25) is 5.32 Å². The van der Waals surface area contributed by atoms with Gasteiger partial charge in [-0.05, 0) is 37.3 Å². The Balaban J connectivity index is 1.75. The summed E-state index contributed by atoms with van der Waals surface area (Å²) in [5.41, 5.74) is 1.65. The van der Waals surface area contributed by atoms with Gasteiger partial charge in [0.2, 0.25) is 0 Å². The monoisotopic (exact) mass is 383 g/mol. The molecule has 0 fully saturated rings. The number of hydrogen-bond acceptors (Lipinski definition) is 4. The Morgan fingerprint density at radius 2 is 2.22 bits per heavy atom. The third-order valence-electron chi connectivity index (χ3n) is 3.88. The molecular weight excluding hydrogens is 366 g/mol. The number of aryl methyl sites for hydroxylation is 1. The summed E-state index contributed by atoms with van der Waals surface area (Å²) in [4.78, 5) is 14.2. The third kappa shape index (κ3) is 4.68. The van der Waals surface area contributed by atoms with E-state index >= 15 is 0 Å². The lowest BCUT2D eigenvalue weighted by molar-refractivity contribution is 0.205. The molecule has 1 aromatic carbocycles. The summed E-state index contributed by atoms with van der Waals surface area (Å²) < 4.78 is 7.00. The Bertz CT molecular complexity index is 959. The first-order valence-corrected chi connectivity index (χ1v) is 8.72. The molecule has 7 nitrogen and oxygen atoms in total. The number of carbonyl (C=O) groups is 1. The minimum absolute atomic E-state index is 0.226. The van der Waals surface area contributed by atoms with E-state index in [1.165, 1.54) is 4.90 Å². The molecule has 2 amide bonds. The number of anilines is 1. The van der Waals surface area contributed by atoms with Crippen molar-refractivity contribution in [2.45, 2.75) is 19.9 Å². The molecule has 138 valence electrons. The Morgan fingerprint density at radius 1 is 1.37 bits per heavy atom. The topological polar surface area (TPSA) is 87.1 Å². The highest BCUT2D eigenvalue weighted by molar-refractivity contribution is 6.30. The minimum Gasteiger partial charge on any atom is -0.467 e. The molecule has 0 unspecified atom stereocenters. The first-order valence-electron chi connectivity index (χ1n) is 8.34. The van der Waals surface area contributed by atoms with Crippen molar-refractivity contribution in [2.24, 2.45) is 0 Å². The molecule has 0 saturated carbocycles. The summed E-state index contributed by atoms with van der Waals surface area (Å²) in [5, 5.41) is 16.7. The normalized spacial score (nSPS) is 10.4. The van der Waals surface area contributed by atoms with Crippen LogP contribution >= 0.6 is 11.6 Å². The van der Waals surface area contributed by atoms with Gasteiger partial charge < -0.3 is 9.32 Å². The van der Waals surface area contributed by atoms with Crippen LogP contribution < -0.4 is 5.32 Å². The van der Waals surface area contributed by atoms with Crippen molar-refractivity contribution < 1.29 is 9.21 Å². The van der Waals surface area contributed by atoms with Crippen LogP contribution in [0.15, 0.2) is 53.1 Å². The van der Waals surface area contributed by atoms with E-state index in [4.69, 9.17) is 21.3 Å². The van der Waals surface area contributed by atoms with Crippen molar-refractivity contribution in [3.63, 3.8) is 0 Å². The molecule has 0 atom stereocenters. The van der Waals surface area contributed by atoms with Gasteiger partial charge in [0.1, 0.15) is 5.76 Å². The molecule has 0 bridgehead atoms. The molecule has 0 aliphatic heterocycles. The van der Waals surface area contributed by atoms with E-state index in [0.717, 1.165) is 11.4 Å². The predicted octanol–water partition coefficient (Wildman–Crippen LogP) is 4.37. The van der Waals surface area contributed by atoms with Crippen LogP contribution in [-0.4, -0.2) is 27.3 Å². The van der Waals surface area contributed by atoms with E-state index < -0.39 is 0 Å². The van der Waals surface area contributed by atoms with E-state index in [9.17, 15) is 4.79 Å². The van der Waals surface area contributed by atoms with Crippen LogP contribution in [0, 0.1) is 18.3 Å². The summed E-state index contributed by atoms with van der Waals surface area (Å²) in [6.07, 6.45) is 1.77. The second-order valence-corrected chi connectivity index (χ2v) is 6.34. The number of aromatic nitrogens is 2. The summed E-state index contributed by atoms with van der Waals surface area (Å²) >= 11 is 6.04. The lowest BCUT2D eigenvalue weighted by Crippen LogP contribution is -2.35. The molecule has 0 spiro atoms. The van der Waals surface area contributed by atoms with Gasteiger partial charge in [0.05, 0.1) is 31.0 Å². The molecule has 8 heteroatoms. The number of urea groups is 1. The van der Waals surface area contributed by atoms with Gasteiger partial charge in [-0.15, -0.1) is 5.10 Å². The zero-order chi connectivity index (χ0) is 19.2. The molecule has 0 aliphatic carbocycles. The fraction of sp³-hybridized carbons (Fsp3) is 0.211. The van der Waals surface area contributed by atoms with Crippen molar-refractivity contribution in [1.29, 1.82) is 5.26 Å². The highest BCUT2D eigenvalue weighted by Gasteiger charge is 2.17. The van der Waals surface area contributed by atoms with Gasteiger partial charge in [-0.2, -0.15) is 5.26 Å².